The molecule has 0 aliphatic carbocycles. The van der Waals surface area contributed by atoms with Crippen molar-refractivity contribution in [3.05, 3.63) is 59.7 Å². The fourth-order valence-corrected chi connectivity index (χ4v) is 5.36. The first-order chi connectivity index (χ1) is 10.0. The van der Waals surface area contributed by atoms with Gasteiger partial charge in [-0.25, -0.2) is 8.42 Å². The zero-order valence-electron chi connectivity index (χ0n) is 11.7. The number of hydrogen-bond acceptors (Lipinski definition) is 2. The van der Waals surface area contributed by atoms with Crippen LogP contribution in [0.5, 0.6) is 0 Å². The van der Waals surface area contributed by atoms with E-state index in [2.05, 4.69) is 22.6 Å². The lowest BCUT2D eigenvalue weighted by Crippen LogP contribution is -2.38. The number of anilines is 1. The molecular weight excluding hydrogens is 397 g/mol. The fraction of sp³-hybridized carbons (Fsp3) is 0.250. The molecule has 2 aromatic carbocycles. The summed E-state index contributed by atoms with van der Waals surface area (Å²) in [5.74, 6) is 0. The van der Waals surface area contributed by atoms with Gasteiger partial charge in [0.05, 0.1) is 16.6 Å². The van der Waals surface area contributed by atoms with Gasteiger partial charge in [-0.05, 0) is 37.1 Å². The van der Waals surface area contributed by atoms with Crippen molar-refractivity contribution in [1.82, 2.24) is 0 Å². The van der Waals surface area contributed by atoms with Crippen LogP contribution in [0.1, 0.15) is 11.1 Å². The SMILES string of the molecule is Cc1ccc(S(=O)(=O)N2c3ccccc3CC2CI)cc1. The Morgan fingerprint density at radius 3 is 2.48 bits per heavy atom. The summed E-state index contributed by atoms with van der Waals surface area (Å²) < 4.78 is 28.4. The highest BCUT2D eigenvalue weighted by molar-refractivity contribution is 14.1. The van der Waals surface area contributed by atoms with Gasteiger partial charge in [-0.2, -0.15) is 0 Å². The Kier molecular flexibility index (Phi) is 3.96. The van der Waals surface area contributed by atoms with Crippen LogP contribution < -0.4 is 4.31 Å². The van der Waals surface area contributed by atoms with Gasteiger partial charge in [0.15, 0.2) is 0 Å². The zero-order valence-corrected chi connectivity index (χ0v) is 14.6. The molecule has 1 aliphatic rings. The van der Waals surface area contributed by atoms with Crippen LogP contribution in [0.4, 0.5) is 5.69 Å². The maximum atomic E-state index is 13.0. The van der Waals surface area contributed by atoms with E-state index in [-0.39, 0.29) is 6.04 Å². The maximum absolute atomic E-state index is 13.0. The lowest BCUT2D eigenvalue weighted by Gasteiger charge is -2.25. The Morgan fingerprint density at radius 2 is 1.81 bits per heavy atom. The van der Waals surface area contributed by atoms with Crippen LogP contribution in [-0.2, 0) is 16.4 Å². The predicted octanol–water partition coefficient (Wildman–Crippen LogP) is 3.55. The second-order valence-corrected chi connectivity index (χ2v) is 7.95. The quantitative estimate of drug-likeness (QED) is 0.570. The summed E-state index contributed by atoms with van der Waals surface area (Å²) in [6.07, 6.45) is 0.782. The molecule has 0 fully saturated rings. The summed E-state index contributed by atoms with van der Waals surface area (Å²) in [4.78, 5) is 0.361. The minimum Gasteiger partial charge on any atom is -0.262 e. The molecule has 0 saturated heterocycles. The van der Waals surface area contributed by atoms with Crippen LogP contribution >= 0.6 is 22.6 Å². The maximum Gasteiger partial charge on any atom is 0.264 e. The van der Waals surface area contributed by atoms with Gasteiger partial charge in [0, 0.05) is 4.43 Å². The molecule has 0 amide bonds. The Balaban J connectivity index is 2.11. The molecule has 0 saturated carbocycles. The Bertz CT molecular complexity index is 756. The average molecular weight is 413 g/mol. The van der Waals surface area contributed by atoms with Crippen LogP contribution in [0.3, 0.4) is 0 Å². The van der Waals surface area contributed by atoms with Gasteiger partial charge >= 0.3 is 0 Å². The third-order valence-electron chi connectivity index (χ3n) is 3.77. The number of para-hydroxylation sites is 1. The highest BCUT2D eigenvalue weighted by atomic mass is 127. The monoisotopic (exact) mass is 413 g/mol. The first-order valence-corrected chi connectivity index (χ1v) is 9.75. The standard InChI is InChI=1S/C16H16INO2S/c1-12-6-8-15(9-7-12)21(19,20)18-14(11-17)10-13-4-2-3-5-16(13)18/h2-9,14H,10-11H2,1H3. The lowest BCUT2D eigenvalue weighted by molar-refractivity contribution is 0.585. The average Bonchev–Trinajstić information content (AvgIpc) is 2.87. The Morgan fingerprint density at radius 1 is 1.14 bits per heavy atom. The number of rotatable bonds is 3. The van der Waals surface area contributed by atoms with Crippen molar-refractivity contribution in [2.75, 3.05) is 8.73 Å². The molecule has 0 spiro atoms. The first-order valence-electron chi connectivity index (χ1n) is 6.79. The molecule has 21 heavy (non-hydrogen) atoms. The van der Waals surface area contributed by atoms with E-state index in [1.54, 1.807) is 16.4 Å². The van der Waals surface area contributed by atoms with Crippen molar-refractivity contribution < 1.29 is 8.42 Å². The molecule has 2 aromatic rings. The van der Waals surface area contributed by atoms with Crippen molar-refractivity contribution in [3.8, 4) is 0 Å². The molecule has 0 bridgehead atoms. The molecule has 1 heterocycles. The van der Waals surface area contributed by atoms with E-state index in [9.17, 15) is 8.42 Å². The molecule has 1 atom stereocenters. The molecule has 110 valence electrons. The fourth-order valence-electron chi connectivity index (χ4n) is 2.70. The van der Waals surface area contributed by atoms with Crippen molar-refractivity contribution in [1.29, 1.82) is 0 Å². The number of alkyl halides is 1. The van der Waals surface area contributed by atoms with Gasteiger partial charge in [0.2, 0.25) is 0 Å². The number of fused-ring (bicyclic) bond motifs is 1. The molecule has 0 radical (unpaired) electrons. The molecule has 0 N–H and O–H groups in total. The lowest BCUT2D eigenvalue weighted by atomic mass is 10.1. The van der Waals surface area contributed by atoms with E-state index < -0.39 is 10.0 Å². The third-order valence-corrected chi connectivity index (χ3v) is 6.67. The summed E-state index contributed by atoms with van der Waals surface area (Å²) in [6.45, 7) is 1.95. The van der Waals surface area contributed by atoms with Crippen LogP contribution in [0.15, 0.2) is 53.4 Å². The molecule has 5 heteroatoms. The number of aryl methyl sites for hydroxylation is 1. The van der Waals surface area contributed by atoms with E-state index in [0.717, 1.165) is 27.7 Å². The second-order valence-electron chi connectivity index (χ2n) is 5.25. The van der Waals surface area contributed by atoms with Crippen molar-refractivity contribution in [2.24, 2.45) is 0 Å². The van der Waals surface area contributed by atoms with Crippen molar-refractivity contribution in [3.63, 3.8) is 0 Å². The van der Waals surface area contributed by atoms with E-state index in [1.807, 2.05) is 43.3 Å². The number of halogens is 1. The van der Waals surface area contributed by atoms with Gasteiger partial charge in [0.25, 0.3) is 10.0 Å². The molecule has 1 unspecified atom stereocenters. The predicted molar refractivity (Wildman–Crippen MR) is 93.7 cm³/mol. The van der Waals surface area contributed by atoms with E-state index in [0.29, 0.717) is 4.90 Å². The van der Waals surface area contributed by atoms with Crippen molar-refractivity contribution in [2.45, 2.75) is 24.3 Å². The van der Waals surface area contributed by atoms with Gasteiger partial charge in [-0.15, -0.1) is 0 Å². The van der Waals surface area contributed by atoms with E-state index in [4.69, 9.17) is 0 Å². The summed E-state index contributed by atoms with van der Waals surface area (Å²) in [6, 6.07) is 14.8. The van der Waals surface area contributed by atoms with E-state index >= 15 is 0 Å². The van der Waals surface area contributed by atoms with Crippen molar-refractivity contribution >= 4 is 38.3 Å². The highest BCUT2D eigenvalue weighted by Crippen LogP contribution is 2.37. The largest absolute Gasteiger partial charge is 0.264 e. The summed E-state index contributed by atoms with van der Waals surface area (Å²) in [7, 11) is -3.50. The topological polar surface area (TPSA) is 37.4 Å². The van der Waals surface area contributed by atoms with E-state index in [1.165, 1.54) is 0 Å². The molecular formula is C16H16INO2S. The Hall–Kier alpha value is -1.08. The van der Waals surface area contributed by atoms with Crippen LogP contribution in [0.2, 0.25) is 0 Å². The highest BCUT2D eigenvalue weighted by Gasteiger charge is 2.37. The van der Waals surface area contributed by atoms with Gasteiger partial charge in [0.1, 0.15) is 0 Å². The van der Waals surface area contributed by atoms with Gasteiger partial charge < -0.3 is 0 Å². The molecule has 0 aromatic heterocycles. The smallest absolute Gasteiger partial charge is 0.262 e. The summed E-state index contributed by atoms with van der Waals surface area (Å²) in [5.41, 5.74) is 2.98. The van der Waals surface area contributed by atoms with Crippen LogP contribution in [0.25, 0.3) is 0 Å². The number of nitrogens with zero attached hydrogens (tertiary/aromatic N) is 1. The van der Waals surface area contributed by atoms with Gasteiger partial charge in [-0.3, -0.25) is 4.31 Å². The van der Waals surface area contributed by atoms with Gasteiger partial charge in [-0.1, -0.05) is 58.5 Å². The molecule has 3 nitrogen and oxygen atoms in total. The number of sulfonamides is 1. The second kappa shape index (κ2) is 5.61. The van der Waals surface area contributed by atoms with Crippen LogP contribution in [-0.4, -0.2) is 18.9 Å². The van der Waals surface area contributed by atoms with Crippen LogP contribution in [0, 0.1) is 6.92 Å². The third kappa shape index (κ3) is 2.57. The minimum absolute atomic E-state index is 0.00527. The summed E-state index contributed by atoms with van der Waals surface area (Å²) >= 11 is 2.26. The molecule has 1 aliphatic heterocycles. The number of benzene rings is 2. The zero-order chi connectivity index (χ0) is 15.0. The minimum atomic E-state index is -3.50. The first kappa shape index (κ1) is 14.8. The number of hydrogen-bond donors (Lipinski definition) is 0. The molecule has 3 rings (SSSR count). The summed E-state index contributed by atoms with van der Waals surface area (Å²) in [5, 5.41) is 0. The normalized spacial score (nSPS) is 17.8. The Labute approximate surface area is 139 Å².